The van der Waals surface area contributed by atoms with E-state index in [0.29, 0.717) is 41.9 Å². The van der Waals surface area contributed by atoms with E-state index in [4.69, 9.17) is 18.9 Å². The second-order valence-corrected chi connectivity index (χ2v) is 9.05. The highest BCUT2D eigenvalue weighted by molar-refractivity contribution is 7.92. The number of ether oxygens (including phenoxy) is 4. The SMILES string of the molecule is O=C(Nc1ccc2c(c1)OCO2)c1cccc(NS(=O)(=O)c2ccc3c(c2)OCCCO3)c1. The zero-order valence-corrected chi connectivity index (χ0v) is 18.2. The molecule has 5 rings (SSSR count). The Kier molecular flexibility index (Phi) is 5.43. The lowest BCUT2D eigenvalue weighted by atomic mass is 10.2. The van der Waals surface area contributed by atoms with Crippen LogP contribution < -0.4 is 29.0 Å². The highest BCUT2D eigenvalue weighted by Gasteiger charge is 2.20. The molecule has 9 nitrogen and oxygen atoms in total. The molecule has 0 radical (unpaired) electrons. The molecule has 33 heavy (non-hydrogen) atoms. The minimum Gasteiger partial charge on any atom is -0.490 e. The maximum Gasteiger partial charge on any atom is 0.262 e. The quantitative estimate of drug-likeness (QED) is 0.588. The van der Waals surface area contributed by atoms with E-state index in [2.05, 4.69) is 10.0 Å². The molecule has 0 spiro atoms. The third-order valence-corrected chi connectivity index (χ3v) is 6.42. The van der Waals surface area contributed by atoms with Crippen molar-refractivity contribution in [3.63, 3.8) is 0 Å². The highest BCUT2D eigenvalue weighted by atomic mass is 32.2. The maximum absolute atomic E-state index is 12.9. The summed E-state index contributed by atoms with van der Waals surface area (Å²) in [4.78, 5) is 12.7. The third-order valence-electron chi connectivity index (χ3n) is 5.04. The van der Waals surface area contributed by atoms with Gasteiger partial charge in [0.1, 0.15) is 0 Å². The van der Waals surface area contributed by atoms with Gasteiger partial charge in [0.15, 0.2) is 23.0 Å². The first-order chi connectivity index (χ1) is 16.0. The normalized spacial score (nSPS) is 14.3. The Balaban J connectivity index is 1.32. The van der Waals surface area contributed by atoms with Gasteiger partial charge in [0, 0.05) is 35.5 Å². The van der Waals surface area contributed by atoms with Crippen LogP contribution >= 0.6 is 0 Å². The summed E-state index contributed by atoms with van der Waals surface area (Å²) < 4.78 is 50.1. The van der Waals surface area contributed by atoms with Crippen molar-refractivity contribution >= 4 is 27.3 Å². The molecular weight excluding hydrogens is 448 g/mol. The van der Waals surface area contributed by atoms with Crippen LogP contribution in [0.15, 0.2) is 65.6 Å². The van der Waals surface area contributed by atoms with E-state index >= 15 is 0 Å². The molecule has 0 aromatic heterocycles. The van der Waals surface area contributed by atoms with Crippen LogP contribution in [-0.2, 0) is 10.0 Å². The van der Waals surface area contributed by atoms with Crippen molar-refractivity contribution in [2.75, 3.05) is 30.0 Å². The fourth-order valence-corrected chi connectivity index (χ4v) is 4.49. The first-order valence-corrected chi connectivity index (χ1v) is 11.7. The summed E-state index contributed by atoms with van der Waals surface area (Å²) in [5.74, 6) is 1.65. The van der Waals surface area contributed by atoms with Crippen LogP contribution in [0.1, 0.15) is 16.8 Å². The molecule has 0 fully saturated rings. The van der Waals surface area contributed by atoms with E-state index in [1.54, 1.807) is 42.5 Å². The third kappa shape index (κ3) is 4.51. The molecule has 0 unspecified atom stereocenters. The Bertz CT molecular complexity index is 1320. The van der Waals surface area contributed by atoms with Crippen LogP contribution in [0, 0.1) is 0 Å². The van der Waals surface area contributed by atoms with Gasteiger partial charge < -0.3 is 24.3 Å². The van der Waals surface area contributed by atoms with Gasteiger partial charge in [0.25, 0.3) is 15.9 Å². The zero-order chi connectivity index (χ0) is 22.8. The molecule has 3 aromatic carbocycles. The van der Waals surface area contributed by atoms with E-state index in [-0.39, 0.29) is 22.9 Å². The van der Waals surface area contributed by atoms with Gasteiger partial charge in [-0.3, -0.25) is 9.52 Å². The fourth-order valence-electron chi connectivity index (χ4n) is 3.43. The largest absolute Gasteiger partial charge is 0.490 e. The Hall–Kier alpha value is -3.92. The van der Waals surface area contributed by atoms with E-state index in [0.717, 1.165) is 6.42 Å². The van der Waals surface area contributed by atoms with Crippen molar-refractivity contribution in [3.8, 4) is 23.0 Å². The Labute approximate surface area is 190 Å². The molecule has 2 aliphatic heterocycles. The molecule has 2 aliphatic rings. The predicted molar refractivity (Wildman–Crippen MR) is 120 cm³/mol. The summed E-state index contributed by atoms with van der Waals surface area (Å²) in [6.45, 7) is 1.10. The number of sulfonamides is 1. The molecule has 1 amide bonds. The number of hydrogen-bond acceptors (Lipinski definition) is 7. The standard InChI is InChI=1S/C23H20N2O7S/c26-23(24-16-5-7-20-21(12-16)32-14-31-20)15-3-1-4-17(11-15)25-33(27,28)18-6-8-19-22(13-18)30-10-2-9-29-19/h1,3-8,11-13,25H,2,9-10,14H2,(H,24,26). The molecule has 0 atom stereocenters. The molecule has 3 aromatic rings. The van der Waals surface area contributed by atoms with E-state index in [9.17, 15) is 13.2 Å². The summed E-state index contributed by atoms with van der Waals surface area (Å²) in [6.07, 6.45) is 0.718. The fraction of sp³-hybridized carbons (Fsp3) is 0.174. The van der Waals surface area contributed by atoms with Gasteiger partial charge in [0.2, 0.25) is 6.79 Å². The van der Waals surface area contributed by atoms with E-state index in [1.807, 2.05) is 0 Å². The second-order valence-electron chi connectivity index (χ2n) is 7.37. The first kappa shape index (κ1) is 21.0. The van der Waals surface area contributed by atoms with Crippen LogP contribution in [-0.4, -0.2) is 34.3 Å². The molecule has 10 heteroatoms. The number of carbonyl (C=O) groups excluding carboxylic acids is 1. The van der Waals surface area contributed by atoms with Crippen molar-refractivity contribution < 1.29 is 32.2 Å². The summed E-state index contributed by atoms with van der Waals surface area (Å²) in [5, 5.41) is 2.77. The average molecular weight is 468 g/mol. The van der Waals surface area contributed by atoms with E-state index < -0.39 is 15.9 Å². The smallest absolute Gasteiger partial charge is 0.262 e. The summed E-state index contributed by atoms with van der Waals surface area (Å²) in [5.41, 5.74) is 1.06. The monoisotopic (exact) mass is 468 g/mol. The number of benzene rings is 3. The number of nitrogens with one attached hydrogen (secondary N) is 2. The van der Waals surface area contributed by atoms with E-state index in [1.165, 1.54) is 18.2 Å². The minimum absolute atomic E-state index is 0.0296. The number of hydrogen-bond donors (Lipinski definition) is 2. The van der Waals surface area contributed by atoms with Crippen LogP contribution in [0.2, 0.25) is 0 Å². The Morgan fingerprint density at radius 3 is 2.36 bits per heavy atom. The van der Waals surface area contributed by atoms with Gasteiger partial charge in [0.05, 0.1) is 18.1 Å². The lowest BCUT2D eigenvalue weighted by Gasteiger charge is -2.12. The summed E-state index contributed by atoms with van der Waals surface area (Å²) in [6, 6.07) is 15.7. The van der Waals surface area contributed by atoms with Gasteiger partial charge >= 0.3 is 0 Å². The summed E-state index contributed by atoms with van der Waals surface area (Å²) >= 11 is 0. The van der Waals surface area contributed by atoms with Crippen molar-refractivity contribution in [3.05, 3.63) is 66.2 Å². The molecule has 0 bridgehead atoms. The lowest BCUT2D eigenvalue weighted by Crippen LogP contribution is -2.15. The maximum atomic E-state index is 12.9. The minimum atomic E-state index is -3.91. The molecule has 2 heterocycles. The number of rotatable bonds is 5. The lowest BCUT2D eigenvalue weighted by molar-refractivity contribution is 0.102. The van der Waals surface area contributed by atoms with Gasteiger partial charge in [-0.15, -0.1) is 0 Å². The molecule has 0 saturated carbocycles. The van der Waals surface area contributed by atoms with Crippen LogP contribution in [0.5, 0.6) is 23.0 Å². The van der Waals surface area contributed by atoms with Crippen LogP contribution in [0.4, 0.5) is 11.4 Å². The highest BCUT2D eigenvalue weighted by Crippen LogP contribution is 2.35. The molecular formula is C23H20N2O7S. The number of fused-ring (bicyclic) bond motifs is 2. The average Bonchev–Trinajstić information content (AvgIpc) is 3.14. The second kappa shape index (κ2) is 8.55. The van der Waals surface area contributed by atoms with Crippen LogP contribution in [0.3, 0.4) is 0 Å². The van der Waals surface area contributed by atoms with Gasteiger partial charge in [-0.1, -0.05) is 6.07 Å². The molecule has 2 N–H and O–H groups in total. The van der Waals surface area contributed by atoms with Gasteiger partial charge in [-0.2, -0.15) is 0 Å². The Morgan fingerprint density at radius 2 is 1.48 bits per heavy atom. The number of anilines is 2. The molecule has 170 valence electrons. The number of carbonyl (C=O) groups is 1. The van der Waals surface area contributed by atoms with Crippen molar-refractivity contribution in [2.45, 2.75) is 11.3 Å². The molecule has 0 aliphatic carbocycles. The summed E-state index contributed by atoms with van der Waals surface area (Å²) in [7, 11) is -3.91. The van der Waals surface area contributed by atoms with Gasteiger partial charge in [-0.25, -0.2) is 8.42 Å². The van der Waals surface area contributed by atoms with Crippen molar-refractivity contribution in [2.24, 2.45) is 0 Å². The number of amides is 1. The topological polar surface area (TPSA) is 112 Å². The zero-order valence-electron chi connectivity index (χ0n) is 17.4. The van der Waals surface area contributed by atoms with Gasteiger partial charge in [-0.05, 0) is 42.5 Å². The molecule has 0 saturated heterocycles. The van der Waals surface area contributed by atoms with Crippen molar-refractivity contribution in [1.82, 2.24) is 0 Å². The first-order valence-electron chi connectivity index (χ1n) is 10.2. The predicted octanol–water partition coefficient (Wildman–Crippen LogP) is 3.63. The Morgan fingerprint density at radius 1 is 0.758 bits per heavy atom. The van der Waals surface area contributed by atoms with Crippen molar-refractivity contribution in [1.29, 1.82) is 0 Å². The van der Waals surface area contributed by atoms with Crippen LogP contribution in [0.25, 0.3) is 0 Å².